The van der Waals surface area contributed by atoms with Crippen molar-refractivity contribution in [3.05, 3.63) is 28.2 Å². The van der Waals surface area contributed by atoms with Crippen molar-refractivity contribution in [2.45, 2.75) is 32.1 Å². The second-order valence-electron chi connectivity index (χ2n) is 8.51. The molecular formula is C22H32Cl2N4O3. The lowest BCUT2D eigenvalue weighted by atomic mass is 9.97. The molecule has 2 saturated heterocycles. The van der Waals surface area contributed by atoms with Gasteiger partial charge in [-0.25, -0.2) is 4.79 Å². The number of carbonyl (C=O) groups excluding carboxylic acids is 1. The van der Waals surface area contributed by atoms with Crippen LogP contribution in [0.5, 0.6) is 0 Å². The maximum absolute atomic E-state index is 12.5. The Kier molecular flexibility index (Phi) is 9.26. The van der Waals surface area contributed by atoms with Crippen molar-refractivity contribution < 1.29 is 14.7 Å². The zero-order valence-corrected chi connectivity index (χ0v) is 19.4. The second kappa shape index (κ2) is 11.9. The molecule has 0 spiro atoms. The minimum Gasteiger partial charge on any atom is -0.481 e. The van der Waals surface area contributed by atoms with Crippen LogP contribution in [0.3, 0.4) is 0 Å². The SMILES string of the molecule is O=C(O)CCCCN1CCC[C@@H](CN2CCN(C(=O)Nc3ccc(Cl)c(Cl)c3)CC2)C1. The summed E-state index contributed by atoms with van der Waals surface area (Å²) in [4.78, 5) is 30.0. The highest BCUT2D eigenvalue weighted by atomic mass is 35.5. The van der Waals surface area contributed by atoms with Gasteiger partial charge in [0.1, 0.15) is 0 Å². The maximum Gasteiger partial charge on any atom is 0.321 e. The number of nitrogens with zero attached hydrogens (tertiary/aromatic N) is 3. The van der Waals surface area contributed by atoms with Crippen LogP contribution >= 0.6 is 23.2 Å². The van der Waals surface area contributed by atoms with E-state index in [1.54, 1.807) is 18.2 Å². The van der Waals surface area contributed by atoms with Crippen molar-refractivity contribution in [3.63, 3.8) is 0 Å². The van der Waals surface area contributed by atoms with E-state index < -0.39 is 5.97 Å². The lowest BCUT2D eigenvalue weighted by Crippen LogP contribution is -2.52. The predicted molar refractivity (Wildman–Crippen MR) is 124 cm³/mol. The monoisotopic (exact) mass is 470 g/mol. The normalized spacial score (nSPS) is 20.6. The molecule has 0 bridgehead atoms. The van der Waals surface area contributed by atoms with Crippen LogP contribution in [0, 0.1) is 5.92 Å². The Morgan fingerprint density at radius 3 is 2.52 bits per heavy atom. The number of carboxylic acids is 1. The molecule has 2 amide bonds. The molecular weight excluding hydrogens is 439 g/mol. The molecule has 2 fully saturated rings. The summed E-state index contributed by atoms with van der Waals surface area (Å²) in [6.07, 6.45) is 4.41. The van der Waals surface area contributed by atoms with E-state index in [0.717, 1.165) is 52.1 Å². The Hall–Kier alpha value is -1.54. The number of unbranched alkanes of at least 4 members (excludes halogenated alkanes) is 1. The predicted octanol–water partition coefficient (Wildman–Crippen LogP) is 4.11. The molecule has 3 rings (SSSR count). The highest BCUT2D eigenvalue weighted by Gasteiger charge is 2.26. The molecule has 7 nitrogen and oxygen atoms in total. The molecule has 31 heavy (non-hydrogen) atoms. The van der Waals surface area contributed by atoms with Gasteiger partial charge in [0.15, 0.2) is 0 Å². The summed E-state index contributed by atoms with van der Waals surface area (Å²) < 4.78 is 0. The average molecular weight is 471 g/mol. The summed E-state index contributed by atoms with van der Waals surface area (Å²) in [6.45, 7) is 7.43. The molecule has 0 unspecified atom stereocenters. The van der Waals surface area contributed by atoms with Gasteiger partial charge in [-0.1, -0.05) is 23.2 Å². The Labute approximate surface area is 194 Å². The molecule has 0 aromatic heterocycles. The third-order valence-electron chi connectivity index (χ3n) is 6.06. The Morgan fingerprint density at radius 2 is 1.81 bits per heavy atom. The summed E-state index contributed by atoms with van der Waals surface area (Å²) >= 11 is 12.0. The lowest BCUT2D eigenvalue weighted by molar-refractivity contribution is -0.137. The van der Waals surface area contributed by atoms with Gasteiger partial charge in [0.25, 0.3) is 0 Å². The fourth-order valence-electron chi connectivity index (χ4n) is 4.39. The van der Waals surface area contributed by atoms with Crippen LogP contribution in [0.15, 0.2) is 18.2 Å². The minimum absolute atomic E-state index is 0.108. The molecule has 1 atom stereocenters. The first kappa shape index (κ1) is 24.1. The van der Waals surface area contributed by atoms with Gasteiger partial charge in [-0.05, 0) is 62.9 Å². The number of nitrogens with one attached hydrogen (secondary N) is 1. The highest BCUT2D eigenvalue weighted by molar-refractivity contribution is 6.42. The van der Waals surface area contributed by atoms with Crippen molar-refractivity contribution in [2.24, 2.45) is 5.92 Å². The van der Waals surface area contributed by atoms with E-state index in [9.17, 15) is 9.59 Å². The molecule has 9 heteroatoms. The van der Waals surface area contributed by atoms with Gasteiger partial charge in [-0.15, -0.1) is 0 Å². The molecule has 0 saturated carbocycles. The molecule has 2 N–H and O–H groups in total. The van der Waals surface area contributed by atoms with E-state index in [2.05, 4.69) is 15.1 Å². The number of carboxylic acid groups (broad SMARTS) is 1. The van der Waals surface area contributed by atoms with Crippen LogP contribution < -0.4 is 5.32 Å². The standard InChI is InChI=1S/C22H32Cl2N4O3/c23-19-7-6-18(14-20(19)24)25-22(31)28-12-10-27(11-13-28)16-17-4-3-9-26(15-17)8-2-1-5-21(29)30/h6-7,14,17H,1-5,8-13,15-16H2,(H,25,31)(H,29,30)/t17-/m1/s1. The quantitative estimate of drug-likeness (QED) is 0.559. The summed E-state index contributed by atoms with van der Waals surface area (Å²) in [5.74, 6) is -0.0638. The average Bonchev–Trinajstić information content (AvgIpc) is 2.74. The van der Waals surface area contributed by atoms with Crippen LogP contribution in [0.1, 0.15) is 32.1 Å². The third-order valence-corrected chi connectivity index (χ3v) is 6.80. The Balaban J connectivity index is 1.36. The van der Waals surface area contributed by atoms with Crippen molar-refractivity contribution in [1.82, 2.24) is 14.7 Å². The largest absolute Gasteiger partial charge is 0.481 e. The summed E-state index contributed by atoms with van der Waals surface area (Å²) in [5, 5.41) is 12.6. The zero-order chi connectivity index (χ0) is 22.2. The smallest absolute Gasteiger partial charge is 0.321 e. The van der Waals surface area contributed by atoms with Crippen molar-refractivity contribution in [2.75, 3.05) is 57.7 Å². The van der Waals surface area contributed by atoms with Gasteiger partial charge in [0, 0.05) is 51.4 Å². The number of carbonyl (C=O) groups is 2. The number of benzene rings is 1. The van der Waals surface area contributed by atoms with Gasteiger partial charge in [0.05, 0.1) is 10.0 Å². The van der Waals surface area contributed by atoms with Gasteiger partial charge >= 0.3 is 12.0 Å². The first-order chi connectivity index (χ1) is 14.9. The number of aliphatic carboxylic acids is 1. The number of hydrogen-bond donors (Lipinski definition) is 2. The van der Waals surface area contributed by atoms with Crippen molar-refractivity contribution >= 4 is 40.9 Å². The van der Waals surface area contributed by atoms with E-state index in [1.165, 1.54) is 12.8 Å². The zero-order valence-electron chi connectivity index (χ0n) is 17.9. The first-order valence-corrected chi connectivity index (χ1v) is 11.8. The summed E-state index contributed by atoms with van der Waals surface area (Å²) in [7, 11) is 0. The van der Waals surface area contributed by atoms with Gasteiger partial charge in [-0.2, -0.15) is 0 Å². The van der Waals surface area contributed by atoms with Crippen LogP contribution in [0.25, 0.3) is 0 Å². The van der Waals surface area contributed by atoms with Crippen LogP contribution in [0.2, 0.25) is 10.0 Å². The van der Waals surface area contributed by atoms with Crippen molar-refractivity contribution in [3.8, 4) is 0 Å². The Bertz CT molecular complexity index is 756. The van der Waals surface area contributed by atoms with E-state index in [1.807, 2.05) is 4.90 Å². The third kappa shape index (κ3) is 7.83. The molecule has 2 aliphatic heterocycles. The fraction of sp³-hybridized carbons (Fsp3) is 0.636. The highest BCUT2D eigenvalue weighted by Crippen LogP contribution is 2.25. The van der Waals surface area contributed by atoms with E-state index in [0.29, 0.717) is 34.7 Å². The van der Waals surface area contributed by atoms with Crippen LogP contribution in [0.4, 0.5) is 10.5 Å². The van der Waals surface area contributed by atoms with Crippen LogP contribution in [-0.2, 0) is 4.79 Å². The van der Waals surface area contributed by atoms with Crippen molar-refractivity contribution in [1.29, 1.82) is 0 Å². The van der Waals surface area contributed by atoms with Crippen LogP contribution in [-0.4, -0.2) is 84.2 Å². The molecule has 172 valence electrons. The number of anilines is 1. The molecule has 0 aliphatic carbocycles. The van der Waals surface area contributed by atoms with Gasteiger partial charge < -0.3 is 20.2 Å². The maximum atomic E-state index is 12.5. The number of urea groups is 1. The molecule has 2 heterocycles. The number of rotatable bonds is 8. The number of hydrogen-bond acceptors (Lipinski definition) is 4. The van der Waals surface area contributed by atoms with E-state index >= 15 is 0 Å². The number of likely N-dealkylation sites (tertiary alicyclic amines) is 1. The van der Waals surface area contributed by atoms with E-state index in [4.69, 9.17) is 28.3 Å². The molecule has 1 aromatic carbocycles. The fourth-order valence-corrected chi connectivity index (χ4v) is 4.69. The summed E-state index contributed by atoms with van der Waals surface area (Å²) in [6, 6.07) is 4.98. The number of piperazine rings is 1. The topological polar surface area (TPSA) is 76.1 Å². The van der Waals surface area contributed by atoms with Gasteiger partial charge in [0.2, 0.25) is 0 Å². The molecule has 2 aliphatic rings. The first-order valence-electron chi connectivity index (χ1n) is 11.1. The van der Waals surface area contributed by atoms with Gasteiger partial charge in [-0.3, -0.25) is 9.69 Å². The number of piperidine rings is 1. The molecule has 1 aromatic rings. The Morgan fingerprint density at radius 1 is 1.03 bits per heavy atom. The second-order valence-corrected chi connectivity index (χ2v) is 9.32. The number of halogens is 2. The number of amides is 2. The summed E-state index contributed by atoms with van der Waals surface area (Å²) in [5.41, 5.74) is 0.646. The van der Waals surface area contributed by atoms with E-state index in [-0.39, 0.29) is 12.5 Å². The molecule has 0 radical (unpaired) electrons. The minimum atomic E-state index is -0.707. The lowest BCUT2D eigenvalue weighted by Gasteiger charge is -2.39.